The van der Waals surface area contributed by atoms with Crippen molar-refractivity contribution in [2.75, 3.05) is 30.5 Å². The predicted molar refractivity (Wildman–Crippen MR) is 194 cm³/mol. The molecule has 0 saturated heterocycles. The fraction of sp³-hybridized carbons (Fsp3) is 0.237. The van der Waals surface area contributed by atoms with Gasteiger partial charge in [-0.3, -0.25) is 4.79 Å². The molecule has 0 radical (unpaired) electrons. The Kier molecular flexibility index (Phi) is 9.95. The summed E-state index contributed by atoms with van der Waals surface area (Å²) < 4.78 is 19.2. The normalized spacial score (nSPS) is 16.5. The second kappa shape index (κ2) is 14.5. The molecule has 11 heteroatoms. The van der Waals surface area contributed by atoms with Gasteiger partial charge in [0.05, 0.1) is 25.4 Å². The monoisotopic (exact) mass is 672 g/mol. The number of carbonyl (C=O) groups is 1. The number of amides is 1. The number of para-hydroxylation sites is 1. The Bertz CT molecular complexity index is 1920. The Balaban J connectivity index is 1.19. The van der Waals surface area contributed by atoms with E-state index in [1.54, 1.807) is 24.4 Å². The lowest BCUT2D eigenvalue weighted by molar-refractivity contribution is -0.125. The number of ether oxygens (including phenoxy) is 2. The van der Waals surface area contributed by atoms with Gasteiger partial charge in [0.15, 0.2) is 0 Å². The molecule has 1 amide bonds. The molecular formula is C38H40N6O4Si. The molecule has 10 nitrogen and oxygen atoms in total. The first-order valence-corrected chi connectivity index (χ1v) is 18.1. The Morgan fingerprint density at radius 1 is 0.898 bits per heavy atom. The summed E-state index contributed by atoms with van der Waals surface area (Å²) in [6.07, 6.45) is 2.92. The molecule has 0 spiro atoms. The average Bonchev–Trinajstić information content (AvgIpc) is 3.11. The van der Waals surface area contributed by atoms with E-state index in [9.17, 15) is 4.79 Å². The van der Waals surface area contributed by atoms with E-state index < -0.39 is 20.3 Å². The van der Waals surface area contributed by atoms with Crippen LogP contribution < -0.4 is 25.7 Å². The summed E-state index contributed by atoms with van der Waals surface area (Å²) in [5.74, 6) is 0.360. The molecule has 3 N–H and O–H groups in total. The molecule has 49 heavy (non-hydrogen) atoms. The largest absolute Gasteiger partial charge is 0.461 e. The van der Waals surface area contributed by atoms with Gasteiger partial charge in [-0.05, 0) is 53.0 Å². The van der Waals surface area contributed by atoms with Crippen LogP contribution in [0.25, 0.3) is 0 Å². The van der Waals surface area contributed by atoms with E-state index in [0.29, 0.717) is 23.8 Å². The van der Waals surface area contributed by atoms with Gasteiger partial charge in [-0.15, -0.1) is 0 Å². The third-order valence-electron chi connectivity index (χ3n) is 9.03. The van der Waals surface area contributed by atoms with Gasteiger partial charge in [-0.2, -0.15) is 0 Å². The average molecular weight is 673 g/mol. The lowest BCUT2D eigenvalue weighted by atomic mass is 10.0. The molecule has 250 valence electrons. The van der Waals surface area contributed by atoms with Crippen LogP contribution in [0.15, 0.2) is 104 Å². The molecule has 2 atom stereocenters. The van der Waals surface area contributed by atoms with Crippen molar-refractivity contribution in [3.63, 3.8) is 0 Å². The van der Waals surface area contributed by atoms with Gasteiger partial charge in [0.25, 0.3) is 14.2 Å². The maximum absolute atomic E-state index is 13.6. The van der Waals surface area contributed by atoms with Crippen molar-refractivity contribution in [1.29, 1.82) is 5.41 Å². The highest BCUT2D eigenvalue weighted by Gasteiger charge is 2.62. The second-order valence-corrected chi connectivity index (χ2v) is 16.4. The van der Waals surface area contributed by atoms with Crippen LogP contribution in [0, 0.1) is 19.3 Å². The molecule has 1 aliphatic rings. The van der Waals surface area contributed by atoms with Crippen molar-refractivity contribution >= 4 is 48.1 Å². The maximum atomic E-state index is 13.6. The number of pyridine rings is 1. The molecule has 1 aliphatic heterocycles. The van der Waals surface area contributed by atoms with E-state index in [1.165, 1.54) is 22.3 Å². The summed E-state index contributed by atoms with van der Waals surface area (Å²) in [6.45, 7) is 8.97. The molecule has 6 rings (SSSR count). The molecule has 0 fully saturated rings. The van der Waals surface area contributed by atoms with Gasteiger partial charge in [0, 0.05) is 23.1 Å². The number of hydrogen-bond donors (Lipinski definition) is 3. The minimum Gasteiger partial charge on any atom is -0.461 e. The highest BCUT2D eigenvalue weighted by atomic mass is 28.4. The third kappa shape index (κ3) is 6.60. The molecule has 3 aromatic carbocycles. The molecule has 2 unspecified atom stereocenters. The van der Waals surface area contributed by atoms with Crippen LogP contribution in [0.3, 0.4) is 0 Å². The van der Waals surface area contributed by atoms with Crippen LogP contribution in [-0.2, 0) is 19.0 Å². The Labute approximate surface area is 287 Å². The van der Waals surface area contributed by atoms with Gasteiger partial charge in [-0.1, -0.05) is 92.7 Å². The van der Waals surface area contributed by atoms with Crippen LogP contribution in [-0.4, -0.2) is 61.3 Å². The van der Waals surface area contributed by atoms with E-state index in [0.717, 1.165) is 23.0 Å². The SMILES string of the molecule is Cc1cccc(C)c1Nc1ncnc(OC(COCCO[Si]2(c3ccccc3)c3ccccc3C2(C)C)C(=O)Nc2ccccn2)c1C=N. The summed E-state index contributed by atoms with van der Waals surface area (Å²) in [5, 5.41) is 16.6. The van der Waals surface area contributed by atoms with Crippen LogP contribution >= 0.6 is 0 Å². The van der Waals surface area contributed by atoms with E-state index >= 15 is 0 Å². The first-order chi connectivity index (χ1) is 23.8. The molecule has 0 bridgehead atoms. The van der Waals surface area contributed by atoms with E-state index in [-0.39, 0.29) is 24.1 Å². The quantitative estimate of drug-likeness (QED) is 0.0830. The minimum absolute atomic E-state index is 0.0722. The number of aryl methyl sites for hydroxylation is 2. The predicted octanol–water partition coefficient (Wildman–Crippen LogP) is 5.24. The number of hydrogen-bond acceptors (Lipinski definition) is 9. The number of nitrogens with zero attached hydrogens (tertiary/aromatic N) is 3. The molecule has 0 saturated carbocycles. The van der Waals surface area contributed by atoms with Gasteiger partial charge in [0.1, 0.15) is 18.0 Å². The van der Waals surface area contributed by atoms with Crippen molar-refractivity contribution in [2.45, 2.75) is 38.8 Å². The van der Waals surface area contributed by atoms with E-state index in [2.05, 4.69) is 88.0 Å². The van der Waals surface area contributed by atoms with Crippen molar-refractivity contribution in [3.8, 4) is 5.88 Å². The number of nitrogens with one attached hydrogen (secondary N) is 3. The molecule has 3 heterocycles. The van der Waals surface area contributed by atoms with Crippen LogP contribution in [0.1, 0.15) is 36.1 Å². The summed E-state index contributed by atoms with van der Waals surface area (Å²) in [4.78, 5) is 26.5. The van der Waals surface area contributed by atoms with Gasteiger partial charge < -0.3 is 29.9 Å². The first kappa shape index (κ1) is 33.7. The van der Waals surface area contributed by atoms with E-state index in [4.69, 9.17) is 19.3 Å². The number of anilines is 3. The van der Waals surface area contributed by atoms with Crippen LogP contribution in [0.4, 0.5) is 17.3 Å². The van der Waals surface area contributed by atoms with E-state index in [1.807, 2.05) is 38.1 Å². The second-order valence-electron chi connectivity index (χ2n) is 12.4. The third-order valence-corrected chi connectivity index (χ3v) is 14.0. The Morgan fingerprint density at radius 2 is 1.63 bits per heavy atom. The number of carbonyl (C=O) groups excluding carboxylic acids is 1. The summed E-state index contributed by atoms with van der Waals surface area (Å²) >= 11 is 0. The van der Waals surface area contributed by atoms with Crippen molar-refractivity contribution in [1.82, 2.24) is 15.0 Å². The number of fused-ring (bicyclic) bond motifs is 1. The zero-order valence-electron chi connectivity index (χ0n) is 28.1. The molecule has 5 aromatic rings. The van der Waals surface area contributed by atoms with Crippen molar-refractivity contribution in [3.05, 3.63) is 126 Å². The van der Waals surface area contributed by atoms with Crippen molar-refractivity contribution < 1.29 is 18.7 Å². The molecule has 2 aromatic heterocycles. The van der Waals surface area contributed by atoms with Gasteiger partial charge >= 0.3 is 0 Å². The lowest BCUT2D eigenvalue weighted by Gasteiger charge is -2.55. The van der Waals surface area contributed by atoms with Crippen LogP contribution in [0.2, 0.25) is 0 Å². The lowest BCUT2D eigenvalue weighted by Crippen LogP contribution is -2.81. The Morgan fingerprint density at radius 3 is 2.37 bits per heavy atom. The van der Waals surface area contributed by atoms with Crippen molar-refractivity contribution in [2.24, 2.45) is 0 Å². The van der Waals surface area contributed by atoms with Crippen LogP contribution in [0.5, 0.6) is 5.88 Å². The summed E-state index contributed by atoms with van der Waals surface area (Å²) in [6, 6.07) is 30.2. The summed E-state index contributed by atoms with van der Waals surface area (Å²) in [5.41, 5.74) is 4.52. The zero-order chi connectivity index (χ0) is 34.4. The summed E-state index contributed by atoms with van der Waals surface area (Å²) in [7, 11) is -2.59. The fourth-order valence-corrected chi connectivity index (χ4v) is 11.5. The topological polar surface area (TPSA) is 131 Å². The molecular weight excluding hydrogens is 633 g/mol. The highest BCUT2D eigenvalue weighted by Crippen LogP contribution is 2.42. The standard InChI is InChI=1S/C38H40N6O4Si/c1-26-13-12-14-27(2)34(26)44-35-29(23-39)37(42-25-41-35)48-31(36(45)43-33-19-10-11-20-40-33)24-46-21-22-47-49(28-15-6-5-7-16-28)32-18-9-8-17-30(32)38(49,3)4/h5-20,23,25,31,39H,21-22,24H2,1-4H3,(H,40,43,45)(H,41,42,44). The minimum atomic E-state index is -2.59. The first-order valence-electron chi connectivity index (χ1n) is 16.2. The van der Waals surface area contributed by atoms with Gasteiger partial charge in [-0.25, -0.2) is 15.0 Å². The fourth-order valence-electron chi connectivity index (χ4n) is 6.55. The Hall–Kier alpha value is -5.23. The number of aromatic nitrogens is 3. The maximum Gasteiger partial charge on any atom is 0.269 e. The number of rotatable bonds is 14. The zero-order valence-corrected chi connectivity index (χ0v) is 29.1. The number of benzene rings is 3. The highest BCUT2D eigenvalue weighted by molar-refractivity contribution is 7.03. The van der Waals surface area contributed by atoms with Gasteiger partial charge in [0.2, 0.25) is 12.0 Å². The molecule has 0 aliphatic carbocycles. The smallest absolute Gasteiger partial charge is 0.269 e.